The molecule has 0 saturated carbocycles. The fourth-order valence-corrected chi connectivity index (χ4v) is 8.94. The minimum atomic E-state index is -1.97. The van der Waals surface area contributed by atoms with Crippen LogP contribution in [-0.2, 0) is 38.0 Å². The smallest absolute Gasteiger partial charge is 0.404 e. The Kier molecular flexibility index (Phi) is 20.1. The minimum Gasteiger partial charge on any atom is -0.490 e. The van der Waals surface area contributed by atoms with E-state index in [-0.39, 0.29) is 42.3 Å². The van der Waals surface area contributed by atoms with E-state index in [9.17, 15) is 35.1 Å². The highest BCUT2D eigenvalue weighted by Gasteiger charge is 2.52. The van der Waals surface area contributed by atoms with Gasteiger partial charge in [0.05, 0.1) is 49.8 Å². The number of rotatable bonds is 11. The SMILES string of the molecule is C/C=C/[C@H]1O[C@@](O)([C@@H](C)[C@H](O)C(C)[C@H]2OC(=O)/C(OC)=C\C(C)=C[C@@H](C)[C@@H](O)[C@@H](CC)[C@@H](O)[C@H](C)CC(C)=CC=C[C@@H]2OC)C[C@@H](O[C@@H]2C[C@@H](O)[C@H](OC(N)=O)[C@@H](C)O2)[C@@H]1C. The normalized spacial score (nSPS) is 40.0. The quantitative estimate of drug-likeness (QED) is 0.119. The third-order valence-corrected chi connectivity index (χ3v) is 12.8. The van der Waals surface area contributed by atoms with Crippen molar-refractivity contribution in [1.29, 1.82) is 0 Å². The van der Waals surface area contributed by atoms with Crippen molar-refractivity contribution < 1.29 is 68.3 Å². The minimum absolute atomic E-state index is 0.0313. The summed E-state index contributed by atoms with van der Waals surface area (Å²) < 4.78 is 41.4. The van der Waals surface area contributed by atoms with Crippen LogP contribution in [-0.4, -0.2) is 125 Å². The molecular weight excluding hydrogens is 790 g/mol. The molecule has 3 rings (SSSR count). The van der Waals surface area contributed by atoms with Crippen LogP contribution in [0.25, 0.3) is 0 Å². The molecule has 3 heterocycles. The Bertz CT molecular complexity index is 1570. The molecule has 0 aromatic rings. The average molecular weight is 866 g/mol. The van der Waals surface area contributed by atoms with E-state index in [0.717, 1.165) is 5.57 Å². The van der Waals surface area contributed by atoms with E-state index in [1.807, 2.05) is 53.7 Å². The zero-order valence-corrected chi connectivity index (χ0v) is 38.2. The first-order chi connectivity index (χ1) is 28.6. The number of hydrogen-bond acceptors (Lipinski definition) is 14. The van der Waals surface area contributed by atoms with E-state index in [1.54, 1.807) is 52.0 Å². The number of cyclic esters (lactones) is 1. The van der Waals surface area contributed by atoms with Gasteiger partial charge < -0.3 is 64.4 Å². The highest BCUT2D eigenvalue weighted by Crippen LogP contribution is 2.42. The van der Waals surface area contributed by atoms with Crippen LogP contribution in [0.1, 0.15) is 94.9 Å². The molecule has 2 fully saturated rings. The number of carbonyl (C=O) groups excluding carboxylic acids is 2. The molecule has 0 bridgehead atoms. The summed E-state index contributed by atoms with van der Waals surface area (Å²) in [6.07, 6.45) is 2.20. The van der Waals surface area contributed by atoms with E-state index in [0.29, 0.717) is 18.4 Å². The van der Waals surface area contributed by atoms with Crippen molar-refractivity contribution in [3.05, 3.63) is 59.4 Å². The predicted octanol–water partition coefficient (Wildman–Crippen LogP) is 4.98. The van der Waals surface area contributed by atoms with E-state index >= 15 is 0 Å². The number of aliphatic hydroxyl groups excluding tert-OH is 4. The van der Waals surface area contributed by atoms with Crippen LogP contribution in [0, 0.1) is 35.5 Å². The van der Waals surface area contributed by atoms with Gasteiger partial charge in [-0.25, -0.2) is 9.59 Å². The predicted molar refractivity (Wildman–Crippen MR) is 228 cm³/mol. The average Bonchev–Trinajstić information content (AvgIpc) is 3.19. The molecule has 15 heteroatoms. The summed E-state index contributed by atoms with van der Waals surface area (Å²) in [7, 11) is 2.81. The lowest BCUT2D eigenvalue weighted by molar-refractivity contribution is -0.338. The van der Waals surface area contributed by atoms with Gasteiger partial charge in [0.2, 0.25) is 5.76 Å². The summed E-state index contributed by atoms with van der Waals surface area (Å²) in [4.78, 5) is 25.4. The third-order valence-electron chi connectivity index (χ3n) is 12.8. The Morgan fingerprint density at radius 3 is 2.34 bits per heavy atom. The molecule has 1 unspecified atom stereocenters. The van der Waals surface area contributed by atoms with E-state index in [4.69, 9.17) is 38.9 Å². The molecule has 3 aliphatic rings. The van der Waals surface area contributed by atoms with Crippen molar-refractivity contribution in [2.75, 3.05) is 14.2 Å². The summed E-state index contributed by atoms with van der Waals surface area (Å²) in [5, 5.41) is 58.0. The van der Waals surface area contributed by atoms with Gasteiger partial charge in [-0.05, 0) is 52.5 Å². The van der Waals surface area contributed by atoms with Crippen LogP contribution in [0.3, 0.4) is 0 Å². The van der Waals surface area contributed by atoms with Crippen LogP contribution in [0.4, 0.5) is 4.79 Å². The maximum Gasteiger partial charge on any atom is 0.404 e. The van der Waals surface area contributed by atoms with E-state index < -0.39 is 97.0 Å². The molecule has 0 spiro atoms. The summed E-state index contributed by atoms with van der Waals surface area (Å²) in [5.74, 6) is -6.00. The molecule has 15 nitrogen and oxygen atoms in total. The zero-order valence-electron chi connectivity index (χ0n) is 38.2. The first-order valence-corrected chi connectivity index (χ1v) is 21.7. The number of amides is 1. The number of esters is 1. The lowest BCUT2D eigenvalue weighted by Gasteiger charge is -2.49. The first-order valence-electron chi connectivity index (χ1n) is 21.7. The number of ether oxygens (including phenoxy) is 7. The highest BCUT2D eigenvalue weighted by atomic mass is 16.7. The number of nitrogens with two attached hydrogens (primary N) is 1. The first kappa shape index (κ1) is 52.2. The lowest BCUT2D eigenvalue weighted by Crippen LogP contribution is -2.59. The summed E-state index contributed by atoms with van der Waals surface area (Å²) >= 11 is 0. The Morgan fingerprint density at radius 1 is 1.10 bits per heavy atom. The lowest BCUT2D eigenvalue weighted by atomic mass is 9.77. The molecule has 61 heavy (non-hydrogen) atoms. The summed E-state index contributed by atoms with van der Waals surface area (Å²) in [6.45, 7) is 18.2. The molecular formula is C46H75NO14. The molecule has 18 atom stereocenters. The van der Waals surface area contributed by atoms with Gasteiger partial charge in [-0.1, -0.05) is 89.1 Å². The Hall–Kier alpha value is -3.12. The number of methoxy groups -OCH3 is 2. The van der Waals surface area contributed by atoms with Crippen molar-refractivity contribution in [3.63, 3.8) is 0 Å². The number of hydrogen-bond donors (Lipinski definition) is 6. The second-order valence-corrected chi connectivity index (χ2v) is 17.5. The van der Waals surface area contributed by atoms with Crippen molar-refractivity contribution in [2.24, 2.45) is 41.2 Å². The van der Waals surface area contributed by atoms with Gasteiger partial charge in [-0.15, -0.1) is 0 Å². The number of primary amides is 1. The fraction of sp³-hybridized carbons (Fsp3) is 0.739. The third kappa shape index (κ3) is 13.7. The van der Waals surface area contributed by atoms with Gasteiger partial charge in [0.25, 0.3) is 0 Å². The van der Waals surface area contributed by atoms with Gasteiger partial charge in [-0.3, -0.25) is 0 Å². The Morgan fingerprint density at radius 2 is 1.77 bits per heavy atom. The van der Waals surface area contributed by atoms with Crippen LogP contribution in [0.5, 0.6) is 0 Å². The van der Waals surface area contributed by atoms with E-state index in [2.05, 4.69) is 0 Å². The standard InChI is InChI=1S/C46H75NO14/c1-13-16-34-28(7)37(58-38-22-33(48)43(31(10)57-38)60-45(47)53)23-46(54,61-34)30(9)41(51)29(8)42-35(55-11)18-15-17-24(3)19-26(5)39(49)32(14-2)40(50)27(6)20-25(4)21-36(56-12)44(52)59-42/h13,15-18,20-21,26-35,37-43,48-51,54H,14,19,22-23H2,1-12H3,(H2,47,53)/b16-13+,18-15?,24-17?,25-20?,36-21+/t26-,27-,28-,29?,30+,31-,32+,33-,34-,35+,37-,38-,39+,40-,41-,42-,43-,46-/m1/s1. The van der Waals surface area contributed by atoms with Crippen LogP contribution in [0.15, 0.2) is 59.4 Å². The molecule has 348 valence electrons. The zero-order chi connectivity index (χ0) is 45.9. The number of carbonyl (C=O) groups is 2. The Labute approximate surface area is 362 Å². The maximum absolute atomic E-state index is 13.9. The number of aliphatic hydroxyl groups is 5. The molecule has 0 radical (unpaired) electrons. The van der Waals surface area contributed by atoms with Crippen LogP contribution >= 0.6 is 0 Å². The van der Waals surface area contributed by atoms with Gasteiger partial charge in [0.15, 0.2) is 18.2 Å². The monoisotopic (exact) mass is 866 g/mol. The van der Waals surface area contributed by atoms with Crippen molar-refractivity contribution in [3.8, 4) is 0 Å². The second-order valence-electron chi connectivity index (χ2n) is 17.5. The van der Waals surface area contributed by atoms with Crippen molar-refractivity contribution in [2.45, 2.75) is 168 Å². The highest BCUT2D eigenvalue weighted by molar-refractivity contribution is 5.87. The fourth-order valence-electron chi connectivity index (χ4n) is 8.94. The Balaban J connectivity index is 2.00. The van der Waals surface area contributed by atoms with Gasteiger partial charge in [0, 0.05) is 49.5 Å². The molecule has 0 aliphatic carbocycles. The molecule has 0 aromatic carbocycles. The van der Waals surface area contributed by atoms with Gasteiger partial charge in [0.1, 0.15) is 12.2 Å². The van der Waals surface area contributed by atoms with Crippen molar-refractivity contribution in [1.82, 2.24) is 0 Å². The second kappa shape index (κ2) is 23.5. The molecule has 7 N–H and O–H groups in total. The largest absolute Gasteiger partial charge is 0.490 e. The molecule has 2 saturated heterocycles. The van der Waals surface area contributed by atoms with Gasteiger partial charge in [-0.2, -0.15) is 0 Å². The van der Waals surface area contributed by atoms with Crippen molar-refractivity contribution >= 4 is 12.1 Å². The van der Waals surface area contributed by atoms with Crippen LogP contribution < -0.4 is 5.73 Å². The summed E-state index contributed by atoms with van der Waals surface area (Å²) in [5.41, 5.74) is 6.78. The molecule has 3 aliphatic heterocycles. The topological polar surface area (TPSA) is 226 Å². The molecule has 0 aromatic heterocycles. The maximum atomic E-state index is 13.9. The van der Waals surface area contributed by atoms with Gasteiger partial charge >= 0.3 is 12.1 Å². The molecule has 1 amide bonds. The number of allylic oxidation sites excluding steroid dienone is 6. The van der Waals surface area contributed by atoms with E-state index in [1.165, 1.54) is 20.3 Å². The van der Waals surface area contributed by atoms with Crippen LogP contribution in [0.2, 0.25) is 0 Å². The summed E-state index contributed by atoms with van der Waals surface area (Å²) in [6, 6.07) is 0.